The SMILES string of the molecule is C=C.CC(C)C(C)C1C=CC2=CCCCC21.CCC(C)(C)C. The molecule has 0 N–H and O–H groups in total. The van der Waals surface area contributed by atoms with Crippen molar-refractivity contribution in [2.45, 2.75) is 74.1 Å². The molecule has 3 atom stereocenters. The summed E-state index contributed by atoms with van der Waals surface area (Å²) in [6.07, 6.45) is 12.7. The zero-order chi connectivity index (χ0) is 17.3. The van der Waals surface area contributed by atoms with Gasteiger partial charge in [0, 0.05) is 0 Å². The van der Waals surface area contributed by atoms with E-state index < -0.39 is 0 Å². The first-order valence-electron chi connectivity index (χ1n) is 9.14. The lowest BCUT2D eigenvalue weighted by Crippen LogP contribution is -2.22. The molecule has 0 aliphatic heterocycles. The Kier molecular flexibility index (Phi) is 9.72. The van der Waals surface area contributed by atoms with Gasteiger partial charge in [-0.1, -0.05) is 73.1 Å². The minimum Gasteiger partial charge on any atom is -0.106 e. The monoisotopic (exact) mass is 304 g/mol. The molecule has 0 spiro atoms. The second kappa shape index (κ2) is 10.1. The summed E-state index contributed by atoms with van der Waals surface area (Å²) in [7, 11) is 0. The van der Waals surface area contributed by atoms with Crippen molar-refractivity contribution >= 4 is 0 Å². The largest absolute Gasteiger partial charge is 0.106 e. The van der Waals surface area contributed by atoms with E-state index in [2.05, 4.69) is 79.9 Å². The molecule has 0 bridgehead atoms. The van der Waals surface area contributed by atoms with Gasteiger partial charge >= 0.3 is 0 Å². The zero-order valence-corrected chi connectivity index (χ0v) is 16.3. The highest BCUT2D eigenvalue weighted by Gasteiger charge is 2.32. The van der Waals surface area contributed by atoms with Crippen LogP contribution in [0, 0.1) is 29.1 Å². The quantitative estimate of drug-likeness (QED) is 0.465. The van der Waals surface area contributed by atoms with Crippen molar-refractivity contribution < 1.29 is 0 Å². The smallest absolute Gasteiger partial charge is 0.00994 e. The van der Waals surface area contributed by atoms with Crippen molar-refractivity contribution in [3.63, 3.8) is 0 Å². The van der Waals surface area contributed by atoms with Gasteiger partial charge in [0.15, 0.2) is 0 Å². The fourth-order valence-corrected chi connectivity index (χ4v) is 2.87. The maximum absolute atomic E-state index is 3.00. The van der Waals surface area contributed by atoms with Crippen molar-refractivity contribution in [3.05, 3.63) is 37.0 Å². The summed E-state index contributed by atoms with van der Waals surface area (Å²) in [5.74, 6) is 3.33. The van der Waals surface area contributed by atoms with Gasteiger partial charge in [-0.15, -0.1) is 13.2 Å². The molecule has 3 unspecified atom stereocenters. The normalized spacial score (nSPS) is 24.5. The molecule has 0 heteroatoms. The van der Waals surface area contributed by atoms with Crippen LogP contribution in [0.25, 0.3) is 0 Å². The Balaban J connectivity index is 0.000000470. The molecule has 0 nitrogen and oxygen atoms in total. The van der Waals surface area contributed by atoms with Gasteiger partial charge in [-0.3, -0.25) is 0 Å². The summed E-state index contributed by atoms with van der Waals surface area (Å²) < 4.78 is 0. The van der Waals surface area contributed by atoms with Crippen LogP contribution in [0.4, 0.5) is 0 Å². The fraction of sp³-hybridized carbons (Fsp3) is 0.727. The molecule has 2 rings (SSSR count). The number of hydrogen-bond acceptors (Lipinski definition) is 0. The molecule has 0 radical (unpaired) electrons. The summed E-state index contributed by atoms with van der Waals surface area (Å²) in [5, 5.41) is 0. The predicted molar refractivity (Wildman–Crippen MR) is 103 cm³/mol. The van der Waals surface area contributed by atoms with E-state index in [4.69, 9.17) is 0 Å². The maximum atomic E-state index is 3.00. The third-order valence-electron chi connectivity index (χ3n) is 5.22. The van der Waals surface area contributed by atoms with Crippen LogP contribution in [-0.4, -0.2) is 0 Å². The van der Waals surface area contributed by atoms with Gasteiger partial charge in [0.2, 0.25) is 0 Å². The first kappa shape index (κ1) is 21.2. The predicted octanol–water partition coefficient (Wildman–Crippen LogP) is 7.44. The first-order chi connectivity index (χ1) is 10.3. The molecule has 0 fully saturated rings. The number of hydrogen-bond donors (Lipinski definition) is 0. The van der Waals surface area contributed by atoms with Crippen LogP contribution >= 0.6 is 0 Å². The van der Waals surface area contributed by atoms with E-state index in [1.165, 1.54) is 25.7 Å². The van der Waals surface area contributed by atoms with Gasteiger partial charge in [-0.2, -0.15) is 0 Å². The van der Waals surface area contributed by atoms with Crippen LogP contribution < -0.4 is 0 Å². The molecule has 128 valence electrons. The molecular formula is C22H40. The Labute approximate surface area is 140 Å². The van der Waals surface area contributed by atoms with E-state index >= 15 is 0 Å². The molecule has 0 aromatic heterocycles. The van der Waals surface area contributed by atoms with Crippen molar-refractivity contribution in [2.75, 3.05) is 0 Å². The van der Waals surface area contributed by atoms with Crippen LogP contribution in [0.3, 0.4) is 0 Å². The van der Waals surface area contributed by atoms with Gasteiger partial charge in [0.25, 0.3) is 0 Å². The average molecular weight is 305 g/mol. The Hall–Kier alpha value is -0.780. The Morgan fingerprint density at radius 2 is 1.73 bits per heavy atom. The third kappa shape index (κ3) is 6.99. The maximum Gasteiger partial charge on any atom is -0.00994 e. The van der Waals surface area contributed by atoms with Crippen LogP contribution in [0.5, 0.6) is 0 Å². The summed E-state index contributed by atoms with van der Waals surface area (Å²) in [5.41, 5.74) is 2.17. The van der Waals surface area contributed by atoms with Gasteiger partial charge in [-0.25, -0.2) is 0 Å². The molecule has 0 aromatic rings. The minimum atomic E-state index is 0.542. The standard InChI is InChI=1S/C14H22.C6H14.C2H4/c1-10(2)11(3)13-9-8-12-6-4-5-7-14(12)13;1-5-6(2,3)4;1-2/h6,8-11,13-14H,4-5,7H2,1-3H3;5H2,1-4H3;1-2H2. The average Bonchev–Trinajstić information content (AvgIpc) is 2.92. The van der Waals surface area contributed by atoms with Gasteiger partial charge < -0.3 is 0 Å². The summed E-state index contributed by atoms with van der Waals surface area (Å²) in [6.45, 7) is 22.1. The van der Waals surface area contributed by atoms with E-state index in [-0.39, 0.29) is 0 Å². The Morgan fingerprint density at radius 1 is 1.18 bits per heavy atom. The molecule has 0 saturated heterocycles. The topological polar surface area (TPSA) is 0 Å². The lowest BCUT2D eigenvalue weighted by atomic mass is 9.74. The molecule has 2 aliphatic rings. The van der Waals surface area contributed by atoms with E-state index in [0.29, 0.717) is 5.41 Å². The Bertz CT molecular complexity index is 351. The van der Waals surface area contributed by atoms with Crippen LogP contribution in [-0.2, 0) is 0 Å². The molecule has 22 heavy (non-hydrogen) atoms. The van der Waals surface area contributed by atoms with E-state index in [9.17, 15) is 0 Å². The van der Waals surface area contributed by atoms with Gasteiger partial charge in [0.05, 0.1) is 0 Å². The van der Waals surface area contributed by atoms with E-state index in [0.717, 1.165) is 23.7 Å². The fourth-order valence-electron chi connectivity index (χ4n) is 2.87. The summed E-state index contributed by atoms with van der Waals surface area (Å²) in [4.78, 5) is 0. The molecule has 2 aliphatic carbocycles. The number of rotatable bonds is 2. The van der Waals surface area contributed by atoms with E-state index in [1.54, 1.807) is 5.57 Å². The van der Waals surface area contributed by atoms with Crippen molar-refractivity contribution in [1.82, 2.24) is 0 Å². The van der Waals surface area contributed by atoms with E-state index in [1.807, 2.05) is 0 Å². The second-order valence-electron chi connectivity index (χ2n) is 8.20. The molecule has 0 amide bonds. The van der Waals surface area contributed by atoms with Crippen molar-refractivity contribution in [2.24, 2.45) is 29.1 Å². The van der Waals surface area contributed by atoms with Crippen LogP contribution in [0.2, 0.25) is 0 Å². The highest BCUT2D eigenvalue weighted by atomic mass is 14.4. The molecule has 0 aromatic carbocycles. The molecule has 0 heterocycles. The minimum absolute atomic E-state index is 0.542. The lowest BCUT2D eigenvalue weighted by Gasteiger charge is -2.30. The summed E-state index contributed by atoms with van der Waals surface area (Å²) in [6, 6.07) is 0. The van der Waals surface area contributed by atoms with Crippen molar-refractivity contribution in [1.29, 1.82) is 0 Å². The lowest BCUT2D eigenvalue weighted by molar-refractivity contribution is 0.259. The number of fused-ring (bicyclic) bond motifs is 1. The second-order valence-corrected chi connectivity index (χ2v) is 8.20. The van der Waals surface area contributed by atoms with Crippen LogP contribution in [0.1, 0.15) is 74.1 Å². The van der Waals surface area contributed by atoms with Gasteiger partial charge in [0.1, 0.15) is 0 Å². The first-order valence-corrected chi connectivity index (χ1v) is 9.14. The van der Waals surface area contributed by atoms with Crippen LogP contribution in [0.15, 0.2) is 37.0 Å². The highest BCUT2D eigenvalue weighted by molar-refractivity contribution is 5.32. The highest BCUT2D eigenvalue weighted by Crippen LogP contribution is 2.43. The Morgan fingerprint density at radius 3 is 2.18 bits per heavy atom. The summed E-state index contributed by atoms with van der Waals surface area (Å²) >= 11 is 0. The van der Waals surface area contributed by atoms with Gasteiger partial charge in [-0.05, 0) is 53.9 Å². The molecular weight excluding hydrogens is 264 g/mol. The van der Waals surface area contributed by atoms with Crippen molar-refractivity contribution in [3.8, 4) is 0 Å². The number of allylic oxidation sites excluding steroid dienone is 4. The molecule has 0 saturated carbocycles. The zero-order valence-electron chi connectivity index (χ0n) is 16.3. The third-order valence-corrected chi connectivity index (χ3v) is 5.22.